The molecule has 4 heteroatoms. The van der Waals surface area contributed by atoms with Crippen molar-refractivity contribution < 1.29 is 4.79 Å². The van der Waals surface area contributed by atoms with E-state index in [9.17, 15) is 4.79 Å². The van der Waals surface area contributed by atoms with E-state index in [2.05, 4.69) is 22.6 Å². The first-order valence-corrected chi connectivity index (χ1v) is 6.69. The largest absolute Gasteiger partial charge is 0.333 e. The van der Waals surface area contributed by atoms with E-state index < -0.39 is 0 Å². The molecule has 0 saturated heterocycles. The summed E-state index contributed by atoms with van der Waals surface area (Å²) in [5.41, 5.74) is 2.15. The normalized spacial score (nSPS) is 22.1. The summed E-state index contributed by atoms with van der Waals surface area (Å²) in [7, 11) is 0. The SMILES string of the molecule is CC(=O)N1CCC2SC=CN2c2ccccc21. The molecule has 0 aromatic heterocycles. The molecule has 17 heavy (non-hydrogen) atoms. The molecule has 1 atom stereocenters. The quantitative estimate of drug-likeness (QED) is 0.703. The lowest BCUT2D eigenvalue weighted by Crippen LogP contribution is -2.29. The zero-order chi connectivity index (χ0) is 11.8. The molecule has 0 aliphatic carbocycles. The molecule has 0 spiro atoms. The molecule has 3 rings (SSSR count). The van der Waals surface area contributed by atoms with Crippen LogP contribution in [0.3, 0.4) is 0 Å². The van der Waals surface area contributed by atoms with E-state index in [1.807, 2.05) is 34.9 Å². The molecule has 0 fully saturated rings. The van der Waals surface area contributed by atoms with Crippen LogP contribution in [0.4, 0.5) is 11.4 Å². The number of amides is 1. The van der Waals surface area contributed by atoms with Gasteiger partial charge in [-0.05, 0) is 24.0 Å². The Morgan fingerprint density at radius 3 is 2.88 bits per heavy atom. The van der Waals surface area contributed by atoms with E-state index in [1.165, 1.54) is 0 Å². The van der Waals surface area contributed by atoms with E-state index in [4.69, 9.17) is 0 Å². The van der Waals surface area contributed by atoms with Gasteiger partial charge in [-0.2, -0.15) is 0 Å². The fourth-order valence-electron chi connectivity index (χ4n) is 2.39. The highest BCUT2D eigenvalue weighted by atomic mass is 32.2. The van der Waals surface area contributed by atoms with E-state index in [1.54, 1.807) is 6.92 Å². The number of carbonyl (C=O) groups excluding carboxylic acids is 1. The number of hydrogen-bond acceptors (Lipinski definition) is 3. The minimum Gasteiger partial charge on any atom is -0.333 e. The molecule has 2 heterocycles. The summed E-state index contributed by atoms with van der Waals surface area (Å²) in [4.78, 5) is 15.9. The van der Waals surface area contributed by atoms with Gasteiger partial charge in [-0.15, -0.1) is 11.8 Å². The van der Waals surface area contributed by atoms with Crippen molar-refractivity contribution >= 4 is 29.0 Å². The Labute approximate surface area is 105 Å². The van der Waals surface area contributed by atoms with Crippen LogP contribution in [0, 0.1) is 0 Å². The van der Waals surface area contributed by atoms with Crippen molar-refractivity contribution in [3.05, 3.63) is 35.9 Å². The topological polar surface area (TPSA) is 23.6 Å². The van der Waals surface area contributed by atoms with Crippen molar-refractivity contribution in [1.82, 2.24) is 0 Å². The van der Waals surface area contributed by atoms with Crippen LogP contribution in [-0.2, 0) is 4.79 Å². The highest BCUT2D eigenvalue weighted by molar-refractivity contribution is 8.03. The summed E-state index contributed by atoms with van der Waals surface area (Å²) in [5, 5.41) is 2.56. The standard InChI is InChI=1S/C13H14N2OS/c1-10(16)14-7-6-13-15(8-9-17-13)12-5-3-2-4-11(12)14/h2-5,8-9,13H,6-7H2,1H3. The Bertz CT molecular complexity index is 471. The summed E-state index contributed by atoms with van der Waals surface area (Å²) in [6.45, 7) is 2.43. The molecule has 0 saturated carbocycles. The minimum absolute atomic E-state index is 0.118. The number of thioether (sulfide) groups is 1. The van der Waals surface area contributed by atoms with E-state index in [0.717, 1.165) is 24.3 Å². The molecule has 1 aromatic carbocycles. The van der Waals surface area contributed by atoms with Crippen LogP contribution < -0.4 is 9.80 Å². The van der Waals surface area contributed by atoms with Gasteiger partial charge < -0.3 is 9.80 Å². The fourth-order valence-corrected chi connectivity index (χ4v) is 3.33. The third-order valence-electron chi connectivity index (χ3n) is 3.20. The van der Waals surface area contributed by atoms with Crippen LogP contribution in [-0.4, -0.2) is 17.8 Å². The molecule has 88 valence electrons. The molecular weight excluding hydrogens is 232 g/mol. The van der Waals surface area contributed by atoms with Gasteiger partial charge in [0.2, 0.25) is 5.91 Å². The first-order valence-electron chi connectivity index (χ1n) is 5.75. The Morgan fingerprint density at radius 2 is 2.12 bits per heavy atom. The maximum Gasteiger partial charge on any atom is 0.223 e. The highest BCUT2D eigenvalue weighted by Gasteiger charge is 2.29. The molecule has 1 unspecified atom stereocenters. The molecule has 1 aromatic rings. The molecule has 1 amide bonds. The number of fused-ring (bicyclic) bond motifs is 3. The highest BCUT2D eigenvalue weighted by Crippen LogP contribution is 2.40. The number of hydrogen-bond donors (Lipinski definition) is 0. The van der Waals surface area contributed by atoms with Crippen LogP contribution in [0.25, 0.3) is 0 Å². The molecule has 0 bridgehead atoms. The third-order valence-corrected chi connectivity index (χ3v) is 4.25. The first-order chi connectivity index (χ1) is 8.27. The maximum absolute atomic E-state index is 11.7. The zero-order valence-electron chi connectivity index (χ0n) is 9.67. The van der Waals surface area contributed by atoms with Crippen LogP contribution in [0.2, 0.25) is 0 Å². The second-order valence-corrected chi connectivity index (χ2v) is 5.32. The van der Waals surface area contributed by atoms with Gasteiger partial charge in [0.15, 0.2) is 0 Å². The molecule has 0 radical (unpaired) electrons. The number of rotatable bonds is 0. The van der Waals surface area contributed by atoms with Crippen LogP contribution in [0.15, 0.2) is 35.9 Å². The van der Waals surface area contributed by atoms with E-state index in [-0.39, 0.29) is 5.91 Å². The van der Waals surface area contributed by atoms with Gasteiger partial charge in [-0.25, -0.2) is 0 Å². The van der Waals surface area contributed by atoms with Crippen LogP contribution >= 0.6 is 11.8 Å². The average Bonchev–Trinajstić information content (AvgIpc) is 2.72. The summed E-state index contributed by atoms with van der Waals surface area (Å²) in [6.07, 6.45) is 3.10. The second-order valence-electron chi connectivity index (χ2n) is 4.23. The number of anilines is 2. The molecule has 2 aliphatic heterocycles. The minimum atomic E-state index is 0.118. The number of nitrogens with zero attached hydrogens (tertiary/aromatic N) is 2. The summed E-state index contributed by atoms with van der Waals surface area (Å²) >= 11 is 1.82. The number of para-hydroxylation sites is 2. The third kappa shape index (κ3) is 1.72. The number of carbonyl (C=O) groups is 1. The van der Waals surface area contributed by atoms with Crippen molar-refractivity contribution in [2.24, 2.45) is 0 Å². The average molecular weight is 246 g/mol. The van der Waals surface area contributed by atoms with Crippen molar-refractivity contribution in [1.29, 1.82) is 0 Å². The van der Waals surface area contributed by atoms with E-state index >= 15 is 0 Å². The van der Waals surface area contributed by atoms with Gasteiger partial charge in [-0.1, -0.05) is 12.1 Å². The maximum atomic E-state index is 11.7. The van der Waals surface area contributed by atoms with Gasteiger partial charge in [0.25, 0.3) is 0 Å². The van der Waals surface area contributed by atoms with Gasteiger partial charge in [-0.3, -0.25) is 4.79 Å². The van der Waals surface area contributed by atoms with Crippen LogP contribution in [0.1, 0.15) is 13.3 Å². The fraction of sp³-hybridized carbons (Fsp3) is 0.308. The lowest BCUT2D eigenvalue weighted by Gasteiger charge is -2.24. The van der Waals surface area contributed by atoms with Crippen LogP contribution in [0.5, 0.6) is 0 Å². The van der Waals surface area contributed by atoms with Gasteiger partial charge in [0.05, 0.1) is 16.7 Å². The molecular formula is C13H14N2OS. The first kappa shape index (κ1) is 10.7. The monoisotopic (exact) mass is 246 g/mol. The Hall–Kier alpha value is -1.42. The molecule has 2 aliphatic rings. The van der Waals surface area contributed by atoms with Crippen molar-refractivity contribution in [2.75, 3.05) is 16.3 Å². The second kappa shape index (κ2) is 4.11. The summed E-state index contributed by atoms with van der Waals surface area (Å²) < 4.78 is 0. The Kier molecular flexibility index (Phi) is 2.59. The molecule has 3 nitrogen and oxygen atoms in total. The summed E-state index contributed by atoms with van der Waals surface area (Å²) in [5.74, 6) is 0.118. The Morgan fingerprint density at radius 1 is 1.35 bits per heavy atom. The van der Waals surface area contributed by atoms with Crippen molar-refractivity contribution in [2.45, 2.75) is 18.7 Å². The lowest BCUT2D eigenvalue weighted by molar-refractivity contribution is -0.116. The smallest absolute Gasteiger partial charge is 0.223 e. The van der Waals surface area contributed by atoms with Gasteiger partial charge >= 0.3 is 0 Å². The summed E-state index contributed by atoms with van der Waals surface area (Å²) in [6, 6.07) is 8.12. The van der Waals surface area contributed by atoms with Gasteiger partial charge in [0, 0.05) is 19.7 Å². The number of benzene rings is 1. The Balaban J connectivity index is 2.11. The van der Waals surface area contributed by atoms with E-state index in [0.29, 0.717) is 5.37 Å². The molecule has 0 N–H and O–H groups in total. The van der Waals surface area contributed by atoms with Crippen molar-refractivity contribution in [3.8, 4) is 0 Å². The lowest BCUT2D eigenvalue weighted by atomic mass is 10.2. The predicted molar refractivity (Wildman–Crippen MR) is 72.1 cm³/mol. The zero-order valence-corrected chi connectivity index (χ0v) is 10.5. The van der Waals surface area contributed by atoms with Crippen molar-refractivity contribution in [3.63, 3.8) is 0 Å². The van der Waals surface area contributed by atoms with Gasteiger partial charge in [0.1, 0.15) is 0 Å². The predicted octanol–water partition coefficient (Wildman–Crippen LogP) is 2.79.